The molecule has 0 spiro atoms. The minimum Gasteiger partial charge on any atom is -0.283 e. The highest BCUT2D eigenvalue weighted by Gasteiger charge is 2.16. The predicted molar refractivity (Wildman–Crippen MR) is 164 cm³/mol. The molecule has 2 N–H and O–H groups in total. The summed E-state index contributed by atoms with van der Waals surface area (Å²) in [5.74, 6) is 0. The summed E-state index contributed by atoms with van der Waals surface area (Å²) in [5, 5.41) is 6.64. The zero-order valence-corrected chi connectivity index (χ0v) is 24.4. The average molecular weight is 539 g/mol. The Morgan fingerprint density at radius 2 is 0.816 bits per heavy atom. The van der Waals surface area contributed by atoms with Gasteiger partial charge in [-0.05, 0) is 46.2 Å². The zero-order valence-electron chi connectivity index (χ0n) is 22.8. The van der Waals surface area contributed by atoms with Crippen LogP contribution in [0, 0.1) is 9.28 Å². The molecule has 0 aliphatic heterocycles. The Morgan fingerprint density at radius 1 is 0.500 bits per heavy atom. The number of nitrogens with zero attached hydrogens (tertiary/aromatic N) is 2. The Morgan fingerprint density at radius 3 is 1.11 bits per heavy atom. The first-order chi connectivity index (χ1) is 17.9. The maximum atomic E-state index is 5.52. The number of H-pyrrole nitrogens is 2. The van der Waals surface area contributed by atoms with Crippen molar-refractivity contribution in [3.05, 3.63) is 105 Å². The molecule has 0 aliphatic carbocycles. The Kier molecular flexibility index (Phi) is 6.66. The summed E-state index contributed by atoms with van der Waals surface area (Å²) in [5.41, 5.74) is 9.13. The van der Waals surface area contributed by atoms with Gasteiger partial charge in [-0.2, -0.15) is 0 Å². The maximum Gasteiger partial charge on any atom is 0.120 e. The molecule has 0 saturated carbocycles. The zero-order chi connectivity index (χ0) is 27.2. The monoisotopic (exact) mass is 538 g/mol. The molecule has 0 fully saturated rings. The topological polar surface area (TPSA) is 41.4 Å². The van der Waals surface area contributed by atoms with Crippen molar-refractivity contribution >= 4 is 24.4 Å². The Hall–Kier alpha value is -3.48. The number of benzene rings is 3. The fourth-order valence-corrected chi connectivity index (χ4v) is 5.05. The SMILES string of the molecule is CC(C)(C)c1ccc(-c2cc(=S)[nH]n2-c2ccc(-n3[nH]c(=S)cc3-c3ccc(C(C)(C)C)cc3)cc2)cc1. The van der Waals surface area contributed by atoms with E-state index in [0.29, 0.717) is 9.28 Å². The second kappa shape index (κ2) is 9.68. The standard InChI is InChI=1S/C32H34N4S2/c1-31(2,3)23-11-7-21(8-12-23)27-19-29(37)33-35(27)25-15-17-26(18-16-25)36-28(20-30(38)34-36)22-9-13-24(14-10-22)32(4,5)6/h7-20H,1-6H3,(H,33,37)(H,34,38). The van der Waals surface area contributed by atoms with Gasteiger partial charge in [-0.1, -0.05) is 115 Å². The highest BCUT2D eigenvalue weighted by atomic mass is 32.1. The van der Waals surface area contributed by atoms with Crippen molar-refractivity contribution in [2.75, 3.05) is 0 Å². The van der Waals surface area contributed by atoms with E-state index in [1.807, 2.05) is 21.5 Å². The third kappa shape index (κ3) is 5.24. The lowest BCUT2D eigenvalue weighted by Crippen LogP contribution is -2.10. The van der Waals surface area contributed by atoms with Crippen LogP contribution in [0.25, 0.3) is 33.9 Å². The first kappa shape index (κ1) is 26.1. The maximum absolute atomic E-state index is 5.52. The normalized spacial score (nSPS) is 12.2. The average Bonchev–Trinajstić information content (AvgIpc) is 3.46. The molecule has 6 heteroatoms. The number of rotatable bonds is 4. The van der Waals surface area contributed by atoms with Crippen LogP contribution in [0.4, 0.5) is 0 Å². The predicted octanol–water partition coefficient (Wildman–Crippen LogP) is 9.31. The van der Waals surface area contributed by atoms with Crippen molar-refractivity contribution in [2.45, 2.75) is 52.4 Å². The van der Waals surface area contributed by atoms with E-state index in [0.717, 1.165) is 33.9 Å². The molecule has 4 nitrogen and oxygen atoms in total. The molecule has 0 saturated heterocycles. The second-order valence-corrected chi connectivity index (χ2v) is 12.7. The summed E-state index contributed by atoms with van der Waals surface area (Å²) in [6.45, 7) is 13.4. The first-order valence-electron chi connectivity index (χ1n) is 12.9. The lowest BCUT2D eigenvalue weighted by molar-refractivity contribution is 0.590. The number of aromatic amines is 2. The molecule has 0 unspecified atom stereocenters. The van der Waals surface area contributed by atoms with Gasteiger partial charge in [-0.3, -0.25) is 19.6 Å². The molecule has 0 aliphatic rings. The van der Waals surface area contributed by atoms with Crippen molar-refractivity contribution in [1.29, 1.82) is 0 Å². The van der Waals surface area contributed by atoms with E-state index < -0.39 is 0 Å². The summed E-state index contributed by atoms with van der Waals surface area (Å²) in [4.78, 5) is 0. The number of aromatic nitrogens is 4. The Balaban J connectivity index is 1.49. The van der Waals surface area contributed by atoms with Crippen molar-refractivity contribution in [3.8, 4) is 33.9 Å². The minimum absolute atomic E-state index is 0.111. The third-order valence-corrected chi connectivity index (χ3v) is 7.34. The van der Waals surface area contributed by atoms with Gasteiger partial charge in [0.15, 0.2) is 0 Å². The lowest BCUT2D eigenvalue weighted by atomic mass is 9.86. The van der Waals surface area contributed by atoms with E-state index in [2.05, 4.69) is 125 Å². The quantitative estimate of drug-likeness (QED) is 0.224. The molecule has 2 heterocycles. The van der Waals surface area contributed by atoms with Gasteiger partial charge >= 0.3 is 0 Å². The van der Waals surface area contributed by atoms with Gasteiger partial charge in [0, 0.05) is 23.3 Å². The highest BCUT2D eigenvalue weighted by Crippen LogP contribution is 2.30. The molecule has 2 aromatic heterocycles. The van der Waals surface area contributed by atoms with E-state index in [9.17, 15) is 0 Å². The minimum atomic E-state index is 0.111. The summed E-state index contributed by atoms with van der Waals surface area (Å²) >= 11 is 11.0. The van der Waals surface area contributed by atoms with Crippen molar-refractivity contribution in [2.24, 2.45) is 0 Å². The van der Waals surface area contributed by atoms with Crippen LogP contribution >= 0.6 is 24.4 Å². The van der Waals surface area contributed by atoms with E-state index in [-0.39, 0.29) is 10.8 Å². The van der Waals surface area contributed by atoms with Crippen LogP contribution in [0.2, 0.25) is 0 Å². The molecule has 0 radical (unpaired) electrons. The van der Waals surface area contributed by atoms with Gasteiger partial charge in [0.1, 0.15) is 9.28 Å². The Bertz CT molecular complexity index is 1550. The van der Waals surface area contributed by atoms with Crippen LogP contribution in [0.3, 0.4) is 0 Å². The molecule has 0 bridgehead atoms. The molecule has 0 atom stereocenters. The van der Waals surface area contributed by atoms with E-state index in [1.54, 1.807) is 0 Å². The van der Waals surface area contributed by atoms with E-state index >= 15 is 0 Å². The summed E-state index contributed by atoms with van der Waals surface area (Å²) in [7, 11) is 0. The van der Waals surface area contributed by atoms with E-state index in [4.69, 9.17) is 24.4 Å². The van der Waals surface area contributed by atoms with Gasteiger partial charge in [0.25, 0.3) is 0 Å². The number of hydrogen-bond donors (Lipinski definition) is 2. The van der Waals surface area contributed by atoms with Gasteiger partial charge in [-0.15, -0.1) is 0 Å². The second-order valence-electron chi connectivity index (χ2n) is 11.9. The van der Waals surface area contributed by atoms with Crippen LogP contribution in [0.5, 0.6) is 0 Å². The van der Waals surface area contributed by atoms with Gasteiger partial charge in [0.05, 0.1) is 22.8 Å². The summed E-state index contributed by atoms with van der Waals surface area (Å²) < 4.78 is 5.48. The molecule has 0 amide bonds. The first-order valence-corrected chi connectivity index (χ1v) is 13.7. The van der Waals surface area contributed by atoms with Crippen LogP contribution in [-0.2, 0) is 10.8 Å². The molecule has 5 rings (SSSR count). The van der Waals surface area contributed by atoms with Crippen molar-refractivity contribution in [1.82, 2.24) is 19.6 Å². The van der Waals surface area contributed by atoms with Crippen molar-refractivity contribution < 1.29 is 0 Å². The fraction of sp³-hybridized carbons (Fsp3) is 0.250. The summed E-state index contributed by atoms with van der Waals surface area (Å²) in [6, 6.07) is 29.9. The number of nitrogens with one attached hydrogen (secondary N) is 2. The van der Waals surface area contributed by atoms with Crippen molar-refractivity contribution in [3.63, 3.8) is 0 Å². The Labute approximate surface area is 235 Å². The van der Waals surface area contributed by atoms with Crippen LogP contribution < -0.4 is 0 Å². The lowest BCUT2D eigenvalue weighted by Gasteiger charge is -2.19. The molecule has 5 aromatic rings. The van der Waals surface area contributed by atoms with Gasteiger partial charge in [0.2, 0.25) is 0 Å². The molecule has 194 valence electrons. The third-order valence-electron chi connectivity index (χ3n) is 6.92. The molecular weight excluding hydrogens is 505 g/mol. The van der Waals surface area contributed by atoms with E-state index in [1.165, 1.54) is 11.1 Å². The van der Waals surface area contributed by atoms with Crippen LogP contribution in [-0.4, -0.2) is 19.6 Å². The van der Waals surface area contributed by atoms with Gasteiger partial charge < -0.3 is 0 Å². The number of hydrogen-bond acceptors (Lipinski definition) is 2. The molecule has 3 aromatic carbocycles. The largest absolute Gasteiger partial charge is 0.283 e. The van der Waals surface area contributed by atoms with Crippen LogP contribution in [0.1, 0.15) is 52.7 Å². The van der Waals surface area contributed by atoms with Crippen LogP contribution in [0.15, 0.2) is 84.9 Å². The molecule has 38 heavy (non-hydrogen) atoms. The van der Waals surface area contributed by atoms with Gasteiger partial charge in [-0.25, -0.2) is 0 Å². The smallest absolute Gasteiger partial charge is 0.120 e. The molecular formula is C32H34N4S2. The summed E-state index contributed by atoms with van der Waals surface area (Å²) in [6.07, 6.45) is 0. The fourth-order valence-electron chi connectivity index (χ4n) is 4.65. The highest BCUT2D eigenvalue weighted by molar-refractivity contribution is 7.71.